The summed E-state index contributed by atoms with van der Waals surface area (Å²) < 4.78 is 5.70. The van der Waals surface area contributed by atoms with E-state index < -0.39 is 17.5 Å². The molecule has 182 valence electrons. The molecule has 1 aliphatic heterocycles. The van der Waals surface area contributed by atoms with Crippen molar-refractivity contribution >= 4 is 18.0 Å². The summed E-state index contributed by atoms with van der Waals surface area (Å²) in [5.74, 6) is -0.497. The minimum absolute atomic E-state index is 0.00785. The van der Waals surface area contributed by atoms with Crippen LogP contribution >= 0.6 is 0 Å². The fraction of sp³-hybridized carbons (Fsp3) is 0.464. The number of hydrogen-bond donors (Lipinski definition) is 2. The number of carbonyl (C=O) groups is 3. The molecule has 0 bridgehead atoms. The van der Waals surface area contributed by atoms with E-state index >= 15 is 0 Å². The number of nitrogens with zero attached hydrogens (tertiary/aromatic N) is 1. The Balaban J connectivity index is 1.06. The van der Waals surface area contributed by atoms with Crippen LogP contribution in [0.2, 0.25) is 0 Å². The fourth-order valence-corrected chi connectivity index (χ4v) is 6.87. The number of likely N-dealkylation sites (tertiary alicyclic amines) is 1. The highest BCUT2D eigenvalue weighted by atomic mass is 16.5. The Morgan fingerprint density at radius 3 is 2.40 bits per heavy atom. The van der Waals surface area contributed by atoms with Gasteiger partial charge < -0.3 is 20.1 Å². The van der Waals surface area contributed by atoms with Gasteiger partial charge in [0.1, 0.15) is 6.61 Å². The second kappa shape index (κ2) is 8.40. The molecule has 2 saturated carbocycles. The van der Waals surface area contributed by atoms with Crippen molar-refractivity contribution in [1.29, 1.82) is 0 Å². The van der Waals surface area contributed by atoms with Crippen molar-refractivity contribution in [3.05, 3.63) is 59.7 Å². The molecule has 2 aromatic rings. The number of benzene rings is 2. The molecule has 0 aromatic heterocycles. The topological polar surface area (TPSA) is 95.9 Å². The number of amides is 2. The summed E-state index contributed by atoms with van der Waals surface area (Å²) in [7, 11) is 0. The summed E-state index contributed by atoms with van der Waals surface area (Å²) in [6, 6.07) is 16.2. The van der Waals surface area contributed by atoms with Gasteiger partial charge in [-0.2, -0.15) is 0 Å². The maximum Gasteiger partial charge on any atom is 0.407 e. The molecule has 2 aromatic carbocycles. The third kappa shape index (κ3) is 3.77. The van der Waals surface area contributed by atoms with Gasteiger partial charge >= 0.3 is 12.1 Å². The van der Waals surface area contributed by atoms with Gasteiger partial charge in [-0.3, -0.25) is 9.59 Å². The molecule has 7 nitrogen and oxygen atoms in total. The molecule has 7 heteroatoms. The van der Waals surface area contributed by atoms with E-state index in [4.69, 9.17) is 4.74 Å². The maximum absolute atomic E-state index is 13.4. The molecular weight excluding hydrogens is 444 g/mol. The van der Waals surface area contributed by atoms with Crippen LogP contribution in [0.4, 0.5) is 4.79 Å². The van der Waals surface area contributed by atoms with Crippen LogP contribution < -0.4 is 5.32 Å². The van der Waals surface area contributed by atoms with Gasteiger partial charge in [0.2, 0.25) is 5.91 Å². The number of aliphatic carboxylic acids is 1. The Kier molecular flexibility index (Phi) is 5.31. The Bertz CT molecular complexity index is 1150. The first-order chi connectivity index (χ1) is 17.0. The number of fused-ring (bicyclic) bond motifs is 4. The average Bonchev–Trinajstić information content (AvgIpc) is 3.16. The Morgan fingerprint density at radius 2 is 1.71 bits per heavy atom. The minimum atomic E-state index is -0.860. The van der Waals surface area contributed by atoms with Crippen molar-refractivity contribution < 1.29 is 24.2 Å². The van der Waals surface area contributed by atoms with Gasteiger partial charge in [-0.05, 0) is 60.3 Å². The number of carboxylic acids is 1. The first kappa shape index (κ1) is 22.1. The molecule has 4 atom stereocenters. The molecule has 4 aliphatic rings. The Morgan fingerprint density at radius 1 is 1.03 bits per heavy atom. The first-order valence-corrected chi connectivity index (χ1v) is 12.6. The highest BCUT2D eigenvalue weighted by Gasteiger charge is 2.66. The molecule has 2 N–H and O–H groups in total. The van der Waals surface area contributed by atoms with Gasteiger partial charge in [0, 0.05) is 24.5 Å². The summed E-state index contributed by atoms with van der Waals surface area (Å²) in [5.41, 5.74) is 4.31. The zero-order valence-corrected chi connectivity index (χ0v) is 19.6. The van der Waals surface area contributed by atoms with E-state index in [1.807, 2.05) is 24.3 Å². The van der Waals surface area contributed by atoms with Gasteiger partial charge in [0.15, 0.2) is 0 Å². The zero-order valence-electron chi connectivity index (χ0n) is 19.6. The number of alkyl carbamates (subject to hydrolysis) is 1. The SMILES string of the molecule is O=C(O)C[C@@H]1CCCN1C(=O)[C@]12C[C@H](NC(=O)OCC3c4ccccc4-c4ccccc43)C[C@H]1C2. The number of carbonyl (C=O) groups excluding carboxylic acids is 2. The second-order valence-corrected chi connectivity index (χ2v) is 10.6. The molecule has 0 spiro atoms. The van der Waals surface area contributed by atoms with E-state index in [1.54, 1.807) is 4.90 Å². The van der Waals surface area contributed by atoms with Crippen LogP contribution in [-0.2, 0) is 14.3 Å². The average molecular weight is 475 g/mol. The van der Waals surface area contributed by atoms with Crippen LogP contribution in [0.25, 0.3) is 11.1 Å². The molecule has 1 heterocycles. The third-order valence-corrected chi connectivity index (χ3v) is 8.55. The molecule has 35 heavy (non-hydrogen) atoms. The Hall–Kier alpha value is -3.35. The number of nitrogens with one attached hydrogen (secondary N) is 1. The van der Waals surface area contributed by atoms with Crippen LogP contribution in [-0.4, -0.2) is 53.2 Å². The van der Waals surface area contributed by atoms with Crippen LogP contribution in [0.15, 0.2) is 48.5 Å². The highest BCUT2D eigenvalue weighted by Crippen LogP contribution is 2.64. The monoisotopic (exact) mass is 474 g/mol. The molecular formula is C28H30N2O5. The lowest BCUT2D eigenvalue weighted by molar-refractivity contribution is -0.142. The summed E-state index contributed by atoms with van der Waals surface area (Å²) in [5, 5.41) is 12.2. The fourth-order valence-electron chi connectivity index (χ4n) is 6.87. The molecule has 0 unspecified atom stereocenters. The van der Waals surface area contributed by atoms with Gasteiger partial charge in [0.25, 0.3) is 0 Å². The zero-order chi connectivity index (χ0) is 24.2. The number of hydrogen-bond acceptors (Lipinski definition) is 4. The van der Waals surface area contributed by atoms with Crippen molar-refractivity contribution in [3.63, 3.8) is 0 Å². The van der Waals surface area contributed by atoms with Crippen LogP contribution in [0, 0.1) is 11.3 Å². The predicted molar refractivity (Wildman–Crippen MR) is 129 cm³/mol. The molecule has 1 saturated heterocycles. The summed E-state index contributed by atoms with van der Waals surface area (Å²) >= 11 is 0. The number of carboxylic acid groups (broad SMARTS) is 1. The summed E-state index contributed by atoms with van der Waals surface area (Å²) in [6.07, 6.45) is 3.39. The standard InChI is InChI=1S/C28H30N2O5/c31-25(32)13-19-6-5-11-30(19)26(33)28-14-17(28)12-18(15-28)29-27(34)35-16-24-22-9-3-1-7-20(22)21-8-2-4-10-23(21)24/h1-4,7-10,17-19,24H,5-6,11-16H2,(H,29,34)(H,31,32)/t17-,18+,19-,28+/m0/s1. The molecule has 6 rings (SSSR count). The summed E-state index contributed by atoms with van der Waals surface area (Å²) in [6.45, 7) is 0.903. The largest absolute Gasteiger partial charge is 0.481 e. The van der Waals surface area contributed by atoms with Gasteiger partial charge in [-0.1, -0.05) is 48.5 Å². The first-order valence-electron chi connectivity index (χ1n) is 12.6. The lowest BCUT2D eigenvalue weighted by Crippen LogP contribution is -2.43. The molecule has 3 fully saturated rings. The van der Waals surface area contributed by atoms with E-state index in [9.17, 15) is 19.5 Å². The lowest BCUT2D eigenvalue weighted by Gasteiger charge is -2.28. The van der Waals surface area contributed by atoms with Crippen molar-refractivity contribution in [2.24, 2.45) is 11.3 Å². The lowest BCUT2D eigenvalue weighted by atomic mass is 9.98. The number of rotatable bonds is 6. The van der Waals surface area contributed by atoms with E-state index in [-0.39, 0.29) is 42.9 Å². The molecule has 2 amide bonds. The van der Waals surface area contributed by atoms with Gasteiger partial charge in [-0.15, -0.1) is 0 Å². The number of ether oxygens (including phenoxy) is 1. The minimum Gasteiger partial charge on any atom is -0.481 e. The van der Waals surface area contributed by atoms with Crippen LogP contribution in [0.3, 0.4) is 0 Å². The summed E-state index contributed by atoms with van der Waals surface area (Å²) in [4.78, 5) is 39.1. The van der Waals surface area contributed by atoms with Crippen molar-refractivity contribution in [2.45, 2.75) is 56.5 Å². The smallest absolute Gasteiger partial charge is 0.407 e. The van der Waals surface area contributed by atoms with E-state index in [2.05, 4.69) is 29.6 Å². The maximum atomic E-state index is 13.4. The molecule has 0 radical (unpaired) electrons. The van der Waals surface area contributed by atoms with Crippen molar-refractivity contribution in [3.8, 4) is 11.1 Å². The molecule has 3 aliphatic carbocycles. The second-order valence-electron chi connectivity index (χ2n) is 10.6. The van der Waals surface area contributed by atoms with E-state index in [0.29, 0.717) is 13.0 Å². The van der Waals surface area contributed by atoms with Gasteiger partial charge in [-0.25, -0.2) is 4.79 Å². The Labute approximate surface area is 204 Å². The predicted octanol–water partition coefficient (Wildman–Crippen LogP) is 4.16. The highest BCUT2D eigenvalue weighted by molar-refractivity contribution is 5.88. The quantitative estimate of drug-likeness (QED) is 0.656. The van der Waals surface area contributed by atoms with Crippen molar-refractivity contribution in [1.82, 2.24) is 10.2 Å². The van der Waals surface area contributed by atoms with Gasteiger partial charge in [0.05, 0.1) is 11.8 Å². The normalized spacial score (nSPS) is 28.2. The van der Waals surface area contributed by atoms with E-state index in [1.165, 1.54) is 22.3 Å². The van der Waals surface area contributed by atoms with Crippen LogP contribution in [0.1, 0.15) is 55.6 Å². The van der Waals surface area contributed by atoms with Crippen LogP contribution in [0.5, 0.6) is 0 Å². The third-order valence-electron chi connectivity index (χ3n) is 8.55. The van der Waals surface area contributed by atoms with E-state index in [0.717, 1.165) is 25.7 Å². The van der Waals surface area contributed by atoms with Crippen molar-refractivity contribution in [2.75, 3.05) is 13.2 Å².